The number of hydrogen-bond acceptors (Lipinski definition) is 6. The van der Waals surface area contributed by atoms with Gasteiger partial charge in [0.25, 0.3) is 5.91 Å². The van der Waals surface area contributed by atoms with Gasteiger partial charge in [0.05, 0.1) is 5.39 Å². The van der Waals surface area contributed by atoms with Crippen LogP contribution in [0.15, 0.2) is 104 Å². The summed E-state index contributed by atoms with van der Waals surface area (Å²) in [7, 11) is 0. The third-order valence-electron chi connectivity index (χ3n) is 5.64. The fraction of sp³-hybridized carbons (Fsp3) is 0.0345. The van der Waals surface area contributed by atoms with Crippen LogP contribution < -0.4 is 21.4 Å². The number of benzene rings is 2. The standard InChI is InChI=1S/C29H27N7O3/c1-3-5-19(4-2)17-30-27-24-16-25(35-28(24)32-18-31-27)21-9-13-23(14-10-21)34-29(38)33-22-11-6-20(7-12-22)8-15-26(37)36-39/h3-16,18,39H,1-2,17H2,(H,36,37)(H2,33,34,38)(H2,30,31,32,35)/b15-8+,19-5+. The second-order valence-electron chi connectivity index (χ2n) is 8.29. The summed E-state index contributed by atoms with van der Waals surface area (Å²) in [5.41, 5.74) is 6.93. The lowest BCUT2D eigenvalue weighted by Crippen LogP contribution is -2.19. The summed E-state index contributed by atoms with van der Waals surface area (Å²) < 4.78 is 0. The maximum absolute atomic E-state index is 12.4. The van der Waals surface area contributed by atoms with Crippen LogP contribution in [0.3, 0.4) is 0 Å². The van der Waals surface area contributed by atoms with Crippen LogP contribution in [0.25, 0.3) is 28.4 Å². The Kier molecular flexibility index (Phi) is 8.63. The second kappa shape index (κ2) is 12.7. The number of nitrogens with one attached hydrogen (secondary N) is 5. The Balaban J connectivity index is 1.39. The van der Waals surface area contributed by atoms with E-state index < -0.39 is 11.9 Å². The maximum atomic E-state index is 12.4. The van der Waals surface area contributed by atoms with Gasteiger partial charge in [-0.1, -0.05) is 55.7 Å². The zero-order valence-electron chi connectivity index (χ0n) is 20.9. The molecule has 0 aliphatic rings. The van der Waals surface area contributed by atoms with Crippen molar-refractivity contribution in [2.75, 3.05) is 22.5 Å². The largest absolute Gasteiger partial charge is 0.365 e. The number of allylic oxidation sites excluding steroid dienone is 2. The van der Waals surface area contributed by atoms with Gasteiger partial charge in [0.15, 0.2) is 0 Å². The normalized spacial score (nSPS) is 11.3. The Bertz CT molecular complexity index is 1550. The molecular formula is C29H27N7O3. The number of amides is 3. The lowest BCUT2D eigenvalue weighted by Gasteiger charge is -2.08. The highest BCUT2D eigenvalue weighted by Gasteiger charge is 2.10. The first-order valence-corrected chi connectivity index (χ1v) is 11.9. The van der Waals surface area contributed by atoms with Crippen molar-refractivity contribution in [1.82, 2.24) is 20.4 Å². The molecule has 4 rings (SSSR count). The summed E-state index contributed by atoms with van der Waals surface area (Å²) in [5.74, 6) is 0.0754. The predicted octanol–water partition coefficient (Wildman–Crippen LogP) is 5.50. The van der Waals surface area contributed by atoms with Crippen LogP contribution in [0.4, 0.5) is 22.0 Å². The van der Waals surface area contributed by atoms with E-state index in [0.717, 1.165) is 27.8 Å². The molecule has 0 saturated heterocycles. The monoisotopic (exact) mass is 521 g/mol. The summed E-state index contributed by atoms with van der Waals surface area (Å²) in [6.07, 6.45) is 9.60. The molecule has 10 nitrogen and oxygen atoms in total. The van der Waals surface area contributed by atoms with Gasteiger partial charge in [0.2, 0.25) is 0 Å². The first kappa shape index (κ1) is 26.6. The van der Waals surface area contributed by atoms with E-state index in [1.54, 1.807) is 36.4 Å². The average Bonchev–Trinajstić information content (AvgIpc) is 3.40. The van der Waals surface area contributed by atoms with Crippen molar-refractivity contribution >= 4 is 46.2 Å². The zero-order chi connectivity index (χ0) is 27.6. The number of hydrogen-bond donors (Lipinski definition) is 6. The van der Waals surface area contributed by atoms with E-state index in [1.807, 2.05) is 36.4 Å². The smallest absolute Gasteiger partial charge is 0.323 e. The lowest BCUT2D eigenvalue weighted by molar-refractivity contribution is -0.124. The highest BCUT2D eigenvalue weighted by atomic mass is 16.5. The van der Waals surface area contributed by atoms with E-state index in [0.29, 0.717) is 29.4 Å². The van der Waals surface area contributed by atoms with Crippen LogP contribution >= 0.6 is 0 Å². The van der Waals surface area contributed by atoms with E-state index in [-0.39, 0.29) is 0 Å². The van der Waals surface area contributed by atoms with Crippen LogP contribution in [-0.2, 0) is 4.79 Å². The molecular weight excluding hydrogens is 494 g/mol. The van der Waals surface area contributed by atoms with Crippen molar-refractivity contribution in [2.24, 2.45) is 0 Å². The number of hydroxylamine groups is 1. The van der Waals surface area contributed by atoms with Crippen molar-refractivity contribution in [1.29, 1.82) is 0 Å². The number of aromatic nitrogens is 3. The number of carbonyl (C=O) groups is 2. The van der Waals surface area contributed by atoms with E-state index in [2.05, 4.69) is 44.1 Å². The molecule has 39 heavy (non-hydrogen) atoms. The van der Waals surface area contributed by atoms with Gasteiger partial charge in [-0.3, -0.25) is 10.0 Å². The van der Waals surface area contributed by atoms with Gasteiger partial charge in [-0.15, -0.1) is 0 Å². The molecule has 6 N–H and O–H groups in total. The molecule has 0 bridgehead atoms. The minimum atomic E-state index is -0.627. The Hall–Kier alpha value is -5.48. The molecule has 0 spiro atoms. The fourth-order valence-electron chi connectivity index (χ4n) is 3.69. The van der Waals surface area contributed by atoms with Gasteiger partial charge in [-0.2, -0.15) is 0 Å². The molecule has 0 atom stereocenters. The van der Waals surface area contributed by atoms with Crippen LogP contribution in [0.1, 0.15) is 5.56 Å². The summed E-state index contributed by atoms with van der Waals surface area (Å²) in [6.45, 7) is 8.08. The molecule has 2 aromatic carbocycles. The molecule has 0 aliphatic carbocycles. The highest BCUT2D eigenvalue weighted by molar-refractivity contribution is 6.00. The molecule has 10 heteroatoms. The van der Waals surface area contributed by atoms with Gasteiger partial charge in [-0.25, -0.2) is 20.2 Å². The molecule has 0 aliphatic heterocycles. The van der Waals surface area contributed by atoms with E-state index in [1.165, 1.54) is 24.0 Å². The Morgan fingerprint density at radius 3 is 2.31 bits per heavy atom. The number of carbonyl (C=O) groups excluding carboxylic acids is 2. The summed E-state index contributed by atoms with van der Waals surface area (Å²) in [5, 5.41) is 18.3. The van der Waals surface area contributed by atoms with E-state index >= 15 is 0 Å². The molecule has 3 amide bonds. The number of urea groups is 1. The van der Waals surface area contributed by atoms with Crippen molar-refractivity contribution in [3.63, 3.8) is 0 Å². The SMILES string of the molecule is C=C/C=C(\C=C)CNc1ncnc2[nH]c(-c3ccc(NC(=O)Nc4ccc(/C=C/C(=O)NO)cc4)cc3)cc12. The van der Waals surface area contributed by atoms with E-state index in [4.69, 9.17) is 5.21 Å². The first-order chi connectivity index (χ1) is 19.0. The number of aromatic amines is 1. The number of rotatable bonds is 10. The van der Waals surface area contributed by atoms with Gasteiger partial charge in [0, 0.05) is 29.7 Å². The molecule has 0 fully saturated rings. The quantitative estimate of drug-likeness (QED) is 0.0704. The highest BCUT2D eigenvalue weighted by Crippen LogP contribution is 2.28. The molecule has 196 valence electrons. The fourth-order valence-corrected chi connectivity index (χ4v) is 3.69. The number of fused-ring (bicyclic) bond motifs is 1. The molecule has 0 unspecified atom stereocenters. The van der Waals surface area contributed by atoms with Crippen molar-refractivity contribution in [2.45, 2.75) is 0 Å². The molecule has 0 radical (unpaired) electrons. The second-order valence-corrected chi connectivity index (χ2v) is 8.29. The molecule has 4 aromatic rings. The first-order valence-electron chi connectivity index (χ1n) is 11.9. The Morgan fingerprint density at radius 2 is 1.67 bits per heavy atom. The van der Waals surface area contributed by atoms with E-state index in [9.17, 15) is 9.59 Å². The number of nitrogens with zero attached hydrogens (tertiary/aromatic N) is 2. The van der Waals surface area contributed by atoms with Crippen LogP contribution in [0.2, 0.25) is 0 Å². The number of anilines is 3. The Labute approximate surface area is 224 Å². The van der Waals surface area contributed by atoms with Crippen LogP contribution in [0, 0.1) is 0 Å². The third kappa shape index (κ3) is 7.06. The van der Waals surface area contributed by atoms with Gasteiger partial charge < -0.3 is 20.9 Å². The van der Waals surface area contributed by atoms with Gasteiger partial charge in [-0.05, 0) is 53.1 Å². The summed E-state index contributed by atoms with van der Waals surface area (Å²) in [4.78, 5) is 35.5. The Morgan fingerprint density at radius 1 is 0.974 bits per heavy atom. The minimum Gasteiger partial charge on any atom is -0.365 e. The zero-order valence-corrected chi connectivity index (χ0v) is 20.9. The molecule has 0 saturated carbocycles. The summed E-state index contributed by atoms with van der Waals surface area (Å²) >= 11 is 0. The average molecular weight is 522 g/mol. The summed E-state index contributed by atoms with van der Waals surface area (Å²) in [6, 6.07) is 15.9. The lowest BCUT2D eigenvalue weighted by atomic mass is 10.1. The van der Waals surface area contributed by atoms with Crippen molar-refractivity contribution in [3.8, 4) is 11.3 Å². The van der Waals surface area contributed by atoms with Crippen molar-refractivity contribution < 1.29 is 14.8 Å². The van der Waals surface area contributed by atoms with Gasteiger partial charge in [0.1, 0.15) is 17.8 Å². The van der Waals surface area contributed by atoms with Crippen LogP contribution in [-0.4, -0.2) is 38.6 Å². The van der Waals surface area contributed by atoms with Crippen LogP contribution in [0.5, 0.6) is 0 Å². The van der Waals surface area contributed by atoms with Gasteiger partial charge >= 0.3 is 6.03 Å². The topological polar surface area (TPSA) is 144 Å². The molecule has 2 aromatic heterocycles. The predicted molar refractivity (Wildman–Crippen MR) is 154 cm³/mol. The molecule has 2 heterocycles. The van der Waals surface area contributed by atoms with Crippen molar-refractivity contribution in [3.05, 3.63) is 110 Å². The minimum absolute atomic E-state index is 0.397. The third-order valence-corrected chi connectivity index (χ3v) is 5.64. The maximum Gasteiger partial charge on any atom is 0.323 e. The number of H-pyrrole nitrogens is 1.